The molecule has 0 bridgehead atoms. The highest BCUT2D eigenvalue weighted by atomic mass is 32.2. The maximum absolute atomic E-state index is 12.9. The van der Waals surface area contributed by atoms with Crippen LogP contribution in [0.1, 0.15) is 105 Å². The zero-order chi connectivity index (χ0) is 40.5. The van der Waals surface area contributed by atoms with Crippen molar-refractivity contribution in [2.75, 3.05) is 20.2 Å². The fourth-order valence-corrected chi connectivity index (χ4v) is 6.99. The standard InChI is InChI=1S/C26H36N4O7.C15H25NOS/c1-14(2)35-21-11-20(17-8-9-19(34-7)15(3)23(17)29-21)36-16-10-18(24(27)32)30(13-16)22(31)12-28-25(33)37-26(4,5)6;1-3-4-5-6-7-8-12-11-13(12)14(17)16-18-15(2)9-10-15/h8-9,11,14,16,18H,10,12-13H2,1-7H3,(H2,27,32)(H,28,33);7-8,12-13H,3-6,9-11H2,1-2H3,(H,16,17)/b;8-7-/t16-,18?;/m1./s1. The Balaban J connectivity index is 0.000000311. The van der Waals surface area contributed by atoms with Crippen LogP contribution in [0.15, 0.2) is 30.4 Å². The number of carbonyl (C=O) groups excluding carboxylic acids is 4. The normalized spacial score (nSPS) is 21.1. The van der Waals surface area contributed by atoms with E-state index < -0.39 is 35.7 Å². The van der Waals surface area contributed by atoms with Crippen molar-refractivity contribution in [3.63, 3.8) is 0 Å². The van der Waals surface area contributed by atoms with E-state index in [-0.39, 0.29) is 37.4 Å². The van der Waals surface area contributed by atoms with Crippen LogP contribution in [0.5, 0.6) is 17.4 Å². The topological polar surface area (TPSA) is 171 Å². The minimum atomic E-state index is -0.876. The largest absolute Gasteiger partial charge is 0.496 e. The molecule has 0 radical (unpaired) electrons. The first-order valence-corrected chi connectivity index (χ1v) is 20.3. The summed E-state index contributed by atoms with van der Waals surface area (Å²) < 4.78 is 26.1. The molecular weight excluding hydrogens is 723 g/mol. The van der Waals surface area contributed by atoms with Crippen molar-refractivity contribution < 1.29 is 38.1 Å². The van der Waals surface area contributed by atoms with E-state index in [0.29, 0.717) is 33.6 Å². The number of unbranched alkanes of at least 4 members (excludes halogenated alkanes) is 3. The van der Waals surface area contributed by atoms with Crippen molar-refractivity contribution in [3.8, 4) is 17.4 Å². The number of allylic oxidation sites excluding steroid dienone is 2. The summed E-state index contributed by atoms with van der Waals surface area (Å²) in [4.78, 5) is 54.8. The molecule has 3 aliphatic rings. The van der Waals surface area contributed by atoms with Gasteiger partial charge in [-0.1, -0.05) is 31.9 Å². The molecule has 4 N–H and O–H groups in total. The maximum Gasteiger partial charge on any atom is 0.408 e. The number of rotatable bonds is 16. The Morgan fingerprint density at radius 1 is 1.13 bits per heavy atom. The van der Waals surface area contributed by atoms with E-state index in [0.717, 1.165) is 17.4 Å². The van der Waals surface area contributed by atoms with E-state index in [1.54, 1.807) is 45.9 Å². The number of methoxy groups -OCH3 is 1. The number of aromatic nitrogens is 1. The number of hydrogen-bond donors (Lipinski definition) is 3. The van der Waals surface area contributed by atoms with Crippen molar-refractivity contribution >= 4 is 46.7 Å². The van der Waals surface area contributed by atoms with Crippen LogP contribution in [0.4, 0.5) is 4.79 Å². The van der Waals surface area contributed by atoms with Crippen molar-refractivity contribution in [2.24, 2.45) is 17.6 Å². The summed E-state index contributed by atoms with van der Waals surface area (Å²) in [6.45, 7) is 15.1. The molecule has 13 nitrogen and oxygen atoms in total. The SMILES string of the molecule is CCCCC/C=C\C1CC1C(=O)NSC1(C)CC1.COc1ccc2c(O[C@@H]3CC(C(N)=O)N(C(=O)CNC(=O)OC(C)(C)C)C3)cc(OC(C)C)nc2c1C. The van der Waals surface area contributed by atoms with Gasteiger partial charge in [-0.05, 0) is 111 Å². The molecule has 1 saturated heterocycles. The van der Waals surface area contributed by atoms with Gasteiger partial charge < -0.3 is 34.9 Å². The molecule has 304 valence electrons. The van der Waals surface area contributed by atoms with Crippen LogP contribution < -0.4 is 30.0 Å². The number of benzene rings is 1. The van der Waals surface area contributed by atoms with Crippen LogP contribution in [0.25, 0.3) is 10.9 Å². The van der Waals surface area contributed by atoms with Gasteiger partial charge in [-0.25, -0.2) is 9.78 Å². The molecule has 0 spiro atoms. The highest BCUT2D eigenvalue weighted by molar-refractivity contribution is 7.99. The molecule has 4 atom stereocenters. The first kappa shape index (κ1) is 43.5. The second kappa shape index (κ2) is 19.1. The van der Waals surface area contributed by atoms with Crippen LogP contribution in [0.2, 0.25) is 0 Å². The Morgan fingerprint density at radius 2 is 1.85 bits per heavy atom. The zero-order valence-electron chi connectivity index (χ0n) is 34.0. The summed E-state index contributed by atoms with van der Waals surface area (Å²) in [5, 5.41) is 3.16. The molecule has 4 amide bonds. The van der Waals surface area contributed by atoms with Gasteiger partial charge in [-0.3, -0.25) is 19.1 Å². The molecule has 2 aromatic rings. The van der Waals surface area contributed by atoms with Gasteiger partial charge in [0.25, 0.3) is 0 Å². The molecule has 1 aromatic carbocycles. The number of aryl methyl sites for hydroxylation is 1. The van der Waals surface area contributed by atoms with Gasteiger partial charge in [-0.15, -0.1) is 0 Å². The fraction of sp³-hybridized carbons (Fsp3) is 0.634. The molecular formula is C41H61N5O8S. The lowest BCUT2D eigenvalue weighted by Crippen LogP contribution is -2.48. The van der Waals surface area contributed by atoms with Crippen molar-refractivity contribution in [3.05, 3.63) is 35.9 Å². The molecule has 5 rings (SSSR count). The average Bonchev–Trinajstić information content (AvgIpc) is 4.01. The van der Waals surface area contributed by atoms with Crippen molar-refractivity contribution in [2.45, 2.75) is 135 Å². The van der Waals surface area contributed by atoms with Crippen LogP contribution in [-0.4, -0.2) is 82.5 Å². The van der Waals surface area contributed by atoms with Crippen LogP contribution in [-0.2, 0) is 19.1 Å². The van der Waals surface area contributed by atoms with Gasteiger partial charge in [0.2, 0.25) is 23.6 Å². The highest BCUT2D eigenvalue weighted by Crippen LogP contribution is 2.47. The van der Waals surface area contributed by atoms with E-state index in [1.165, 1.54) is 43.4 Å². The van der Waals surface area contributed by atoms with Gasteiger partial charge in [0, 0.05) is 34.1 Å². The summed E-state index contributed by atoms with van der Waals surface area (Å²) in [5.41, 5.74) is 6.38. The van der Waals surface area contributed by atoms with Gasteiger partial charge in [0.1, 0.15) is 35.8 Å². The number of nitrogens with zero attached hydrogens (tertiary/aromatic N) is 2. The first-order valence-electron chi connectivity index (χ1n) is 19.4. The second-order valence-electron chi connectivity index (χ2n) is 16.2. The minimum Gasteiger partial charge on any atom is -0.496 e. The Morgan fingerprint density at radius 3 is 2.47 bits per heavy atom. The summed E-state index contributed by atoms with van der Waals surface area (Å²) in [6, 6.07) is 4.49. The lowest BCUT2D eigenvalue weighted by molar-refractivity contribution is -0.136. The van der Waals surface area contributed by atoms with E-state index in [2.05, 4.69) is 41.0 Å². The van der Waals surface area contributed by atoms with Crippen LogP contribution in [0.3, 0.4) is 0 Å². The first-order chi connectivity index (χ1) is 25.9. The molecule has 2 saturated carbocycles. The Kier molecular flexibility index (Phi) is 15.1. The van der Waals surface area contributed by atoms with Gasteiger partial charge in [0.05, 0.1) is 25.3 Å². The Labute approximate surface area is 330 Å². The van der Waals surface area contributed by atoms with Gasteiger partial charge in [0.15, 0.2) is 0 Å². The summed E-state index contributed by atoms with van der Waals surface area (Å²) in [5.74, 6) is 1.45. The lowest BCUT2D eigenvalue weighted by Gasteiger charge is -2.23. The number of fused-ring (bicyclic) bond motifs is 1. The number of nitrogens with two attached hydrogens (primary N) is 1. The molecule has 1 aliphatic heterocycles. The third-order valence-electron chi connectivity index (χ3n) is 9.57. The number of carbonyl (C=O) groups is 4. The van der Waals surface area contributed by atoms with Crippen molar-refractivity contribution in [1.82, 2.24) is 19.9 Å². The molecule has 3 unspecified atom stereocenters. The molecule has 1 aromatic heterocycles. The molecule has 2 heterocycles. The zero-order valence-corrected chi connectivity index (χ0v) is 34.8. The molecule has 2 aliphatic carbocycles. The fourth-order valence-electron chi connectivity index (χ4n) is 6.19. The highest BCUT2D eigenvalue weighted by Gasteiger charge is 2.44. The summed E-state index contributed by atoms with van der Waals surface area (Å²) in [6.07, 6.45) is 11.9. The van der Waals surface area contributed by atoms with E-state index in [9.17, 15) is 19.2 Å². The lowest BCUT2D eigenvalue weighted by atomic mass is 10.1. The van der Waals surface area contributed by atoms with E-state index in [1.807, 2.05) is 32.9 Å². The van der Waals surface area contributed by atoms with Crippen LogP contribution >= 0.6 is 11.9 Å². The Bertz CT molecular complexity index is 1710. The molecule has 55 heavy (non-hydrogen) atoms. The average molecular weight is 784 g/mol. The molecule has 14 heteroatoms. The summed E-state index contributed by atoms with van der Waals surface area (Å²) in [7, 11) is 1.59. The van der Waals surface area contributed by atoms with Crippen molar-refractivity contribution in [1.29, 1.82) is 0 Å². The predicted octanol–water partition coefficient (Wildman–Crippen LogP) is 6.77. The third-order valence-corrected chi connectivity index (χ3v) is 10.8. The van der Waals surface area contributed by atoms with E-state index in [4.69, 9.17) is 24.7 Å². The van der Waals surface area contributed by atoms with Crippen LogP contribution in [0, 0.1) is 18.8 Å². The number of alkyl carbamates (subject to hydrolysis) is 1. The monoisotopic (exact) mass is 783 g/mol. The third kappa shape index (κ3) is 13.2. The maximum atomic E-state index is 12.9. The number of likely N-dealkylation sites (tertiary alicyclic amines) is 1. The number of hydrogen-bond acceptors (Lipinski definition) is 10. The summed E-state index contributed by atoms with van der Waals surface area (Å²) >= 11 is 1.63. The smallest absolute Gasteiger partial charge is 0.408 e. The number of primary amides is 1. The number of ether oxygens (including phenoxy) is 4. The second-order valence-corrected chi connectivity index (χ2v) is 17.6. The Hall–Kier alpha value is -4.20. The number of amides is 4. The van der Waals surface area contributed by atoms with E-state index >= 15 is 0 Å². The quantitative estimate of drug-likeness (QED) is 0.0938. The minimum absolute atomic E-state index is 0.111. The predicted molar refractivity (Wildman–Crippen MR) is 215 cm³/mol. The van der Waals surface area contributed by atoms with Gasteiger partial charge in [-0.2, -0.15) is 0 Å². The number of pyridine rings is 1. The van der Waals surface area contributed by atoms with Gasteiger partial charge >= 0.3 is 6.09 Å². The number of nitrogens with one attached hydrogen (secondary N) is 2. The molecule has 3 fully saturated rings.